The number of carbonyl (C=O) groups is 1. The average Bonchev–Trinajstić information content (AvgIpc) is 2.89. The molecule has 2 heterocycles. The fourth-order valence-corrected chi connectivity index (χ4v) is 3.90. The van der Waals surface area contributed by atoms with E-state index >= 15 is 0 Å². The van der Waals surface area contributed by atoms with Crippen molar-refractivity contribution in [2.75, 3.05) is 29.6 Å². The Morgan fingerprint density at radius 2 is 1.89 bits per heavy atom. The van der Waals surface area contributed by atoms with Gasteiger partial charge in [0.25, 0.3) is 0 Å². The highest BCUT2D eigenvalue weighted by Gasteiger charge is 2.22. The molecule has 1 aromatic heterocycles. The lowest BCUT2D eigenvalue weighted by Gasteiger charge is -2.23. The molecule has 0 saturated heterocycles. The summed E-state index contributed by atoms with van der Waals surface area (Å²) >= 11 is 1.39. The van der Waals surface area contributed by atoms with Crippen LogP contribution < -0.4 is 10.2 Å². The molecule has 1 aromatic carbocycles. The maximum absolute atomic E-state index is 12.2. The van der Waals surface area contributed by atoms with Crippen molar-refractivity contribution >= 4 is 29.4 Å². The van der Waals surface area contributed by atoms with Crippen molar-refractivity contribution in [1.82, 2.24) is 9.97 Å². The van der Waals surface area contributed by atoms with E-state index in [-0.39, 0.29) is 17.8 Å². The summed E-state index contributed by atoms with van der Waals surface area (Å²) in [5.74, 6) is 1.02. The predicted octanol–water partition coefficient (Wildman–Crippen LogP) is 3.66. The molecule has 1 aliphatic heterocycles. The van der Waals surface area contributed by atoms with Crippen molar-refractivity contribution in [3.8, 4) is 6.07 Å². The molecule has 2 aromatic rings. The fraction of sp³-hybridized carbons (Fsp3) is 0.429. The zero-order valence-electron chi connectivity index (χ0n) is 16.5. The fourth-order valence-electron chi connectivity index (χ4n) is 3.39. The molecule has 3 rings (SSSR count). The topological polar surface area (TPSA) is 81.9 Å². The van der Waals surface area contributed by atoms with Crippen molar-refractivity contribution in [1.29, 1.82) is 5.26 Å². The van der Waals surface area contributed by atoms with Gasteiger partial charge in [0, 0.05) is 19.5 Å². The molecule has 1 aliphatic rings. The van der Waals surface area contributed by atoms with Crippen LogP contribution in [0.1, 0.15) is 37.0 Å². The number of aromatic nitrogens is 2. The van der Waals surface area contributed by atoms with E-state index in [0.717, 1.165) is 25.9 Å². The Balaban J connectivity index is 1.91. The maximum Gasteiger partial charge on any atom is 0.232 e. The van der Waals surface area contributed by atoms with Gasteiger partial charge >= 0.3 is 0 Å². The second kappa shape index (κ2) is 9.07. The lowest BCUT2D eigenvalue weighted by Crippen LogP contribution is -2.29. The van der Waals surface area contributed by atoms with Gasteiger partial charge in [0.2, 0.25) is 11.9 Å². The van der Waals surface area contributed by atoms with Gasteiger partial charge in [-0.05, 0) is 36.1 Å². The molecule has 0 unspecified atom stereocenters. The van der Waals surface area contributed by atoms with Crippen LogP contribution in [0.2, 0.25) is 0 Å². The summed E-state index contributed by atoms with van der Waals surface area (Å²) in [6.07, 6.45) is 4.08. The summed E-state index contributed by atoms with van der Waals surface area (Å²) in [5.41, 5.74) is 3.15. The Labute approximate surface area is 170 Å². The Morgan fingerprint density at radius 3 is 2.43 bits per heavy atom. The van der Waals surface area contributed by atoms with Crippen LogP contribution in [0.3, 0.4) is 0 Å². The van der Waals surface area contributed by atoms with E-state index in [2.05, 4.69) is 50.5 Å². The minimum atomic E-state index is -0.110. The number of nitrogens with zero attached hydrogens (tertiary/aromatic N) is 4. The van der Waals surface area contributed by atoms with E-state index in [1.165, 1.54) is 22.9 Å². The Bertz CT molecular complexity index is 879. The van der Waals surface area contributed by atoms with Crippen molar-refractivity contribution in [2.24, 2.45) is 5.92 Å². The highest BCUT2D eigenvalue weighted by Crippen LogP contribution is 2.29. The van der Waals surface area contributed by atoms with E-state index in [1.54, 1.807) is 0 Å². The van der Waals surface area contributed by atoms with Crippen LogP contribution in [0.25, 0.3) is 0 Å². The first kappa shape index (κ1) is 20.2. The maximum atomic E-state index is 12.2. The molecular formula is C21H25N5OS. The molecule has 0 aliphatic carbocycles. The average molecular weight is 396 g/mol. The van der Waals surface area contributed by atoms with Crippen LogP contribution >= 0.6 is 11.8 Å². The molecule has 7 heteroatoms. The number of hydrogen-bond donors (Lipinski definition) is 1. The largest absolute Gasteiger partial charge is 0.355 e. The predicted molar refractivity (Wildman–Crippen MR) is 113 cm³/mol. The summed E-state index contributed by atoms with van der Waals surface area (Å²) in [6, 6.07) is 10.7. The molecule has 1 amide bonds. The number of benzene rings is 1. The van der Waals surface area contributed by atoms with Gasteiger partial charge in [0.15, 0.2) is 5.82 Å². The first-order chi connectivity index (χ1) is 13.5. The van der Waals surface area contributed by atoms with Gasteiger partial charge in [-0.15, -0.1) is 11.8 Å². The lowest BCUT2D eigenvalue weighted by atomic mass is 10.0. The Morgan fingerprint density at radius 1 is 1.25 bits per heavy atom. The molecule has 0 radical (unpaired) electrons. The molecule has 0 spiro atoms. The third kappa shape index (κ3) is 4.63. The molecule has 0 atom stereocenters. The van der Waals surface area contributed by atoms with Crippen molar-refractivity contribution in [3.63, 3.8) is 0 Å². The number of hydrogen-bond acceptors (Lipinski definition) is 6. The number of fused-ring (bicyclic) bond motifs is 1. The number of amides is 1. The van der Waals surface area contributed by atoms with Crippen molar-refractivity contribution in [2.45, 2.75) is 38.1 Å². The van der Waals surface area contributed by atoms with Crippen LogP contribution in [-0.4, -0.2) is 35.2 Å². The summed E-state index contributed by atoms with van der Waals surface area (Å²) in [5, 5.41) is 13.1. The quantitative estimate of drug-likeness (QED) is 0.615. The normalized spacial score (nSPS) is 13.6. The number of rotatable bonds is 5. The standard InChI is InChI=1S/C21H25N5OS/c1-14(2)12-18(27)23-21-24-19(17(13-22)20(25-21)28-3)26-10-8-15-6-4-5-7-16(15)9-11-26/h4-7,14H,8-12H2,1-3H3,(H,23,24,25,27). The monoisotopic (exact) mass is 395 g/mol. The van der Waals surface area contributed by atoms with E-state index in [4.69, 9.17) is 0 Å². The second-order valence-corrected chi connectivity index (χ2v) is 8.06. The molecule has 0 saturated carbocycles. The Kier molecular flexibility index (Phi) is 6.53. The van der Waals surface area contributed by atoms with Gasteiger partial charge in [-0.2, -0.15) is 10.2 Å². The van der Waals surface area contributed by atoms with E-state index < -0.39 is 0 Å². The Hall–Kier alpha value is -2.59. The van der Waals surface area contributed by atoms with Crippen LogP contribution in [0, 0.1) is 17.2 Å². The van der Waals surface area contributed by atoms with Crippen LogP contribution in [-0.2, 0) is 17.6 Å². The number of anilines is 2. The summed E-state index contributed by atoms with van der Waals surface area (Å²) in [6.45, 7) is 5.53. The molecule has 1 N–H and O–H groups in total. The smallest absolute Gasteiger partial charge is 0.232 e. The second-order valence-electron chi connectivity index (χ2n) is 7.27. The number of nitrogens with one attached hydrogen (secondary N) is 1. The summed E-state index contributed by atoms with van der Waals surface area (Å²) in [4.78, 5) is 23.3. The van der Waals surface area contributed by atoms with Crippen LogP contribution in [0.15, 0.2) is 29.3 Å². The highest BCUT2D eigenvalue weighted by molar-refractivity contribution is 7.98. The van der Waals surface area contributed by atoms with E-state index in [0.29, 0.717) is 22.8 Å². The van der Waals surface area contributed by atoms with Crippen LogP contribution in [0.5, 0.6) is 0 Å². The number of thioether (sulfide) groups is 1. The minimum absolute atomic E-state index is 0.110. The molecule has 0 bridgehead atoms. The van der Waals surface area contributed by atoms with Gasteiger partial charge in [0.05, 0.1) is 0 Å². The summed E-state index contributed by atoms with van der Waals surface area (Å²) in [7, 11) is 0. The van der Waals surface area contributed by atoms with E-state index in [1.807, 2.05) is 20.1 Å². The molecular weight excluding hydrogens is 370 g/mol. The van der Waals surface area contributed by atoms with Gasteiger partial charge in [-0.25, -0.2) is 4.98 Å². The first-order valence-corrected chi connectivity index (χ1v) is 10.7. The highest BCUT2D eigenvalue weighted by atomic mass is 32.2. The van der Waals surface area contributed by atoms with Gasteiger partial charge in [0.1, 0.15) is 16.7 Å². The van der Waals surface area contributed by atoms with Gasteiger partial charge in [-0.1, -0.05) is 38.1 Å². The van der Waals surface area contributed by atoms with Crippen molar-refractivity contribution in [3.05, 3.63) is 41.0 Å². The summed E-state index contributed by atoms with van der Waals surface area (Å²) < 4.78 is 0. The van der Waals surface area contributed by atoms with Gasteiger partial charge in [-0.3, -0.25) is 10.1 Å². The third-order valence-electron chi connectivity index (χ3n) is 4.73. The van der Waals surface area contributed by atoms with Crippen molar-refractivity contribution < 1.29 is 4.79 Å². The number of carbonyl (C=O) groups excluding carboxylic acids is 1. The number of nitriles is 1. The third-order valence-corrected chi connectivity index (χ3v) is 5.41. The lowest BCUT2D eigenvalue weighted by molar-refractivity contribution is -0.116. The van der Waals surface area contributed by atoms with Gasteiger partial charge < -0.3 is 4.90 Å². The SMILES string of the molecule is CSc1nc(NC(=O)CC(C)C)nc(N2CCc3ccccc3CC2)c1C#N. The first-order valence-electron chi connectivity index (χ1n) is 9.49. The van der Waals surface area contributed by atoms with Crippen LogP contribution in [0.4, 0.5) is 11.8 Å². The zero-order chi connectivity index (χ0) is 20.1. The molecule has 146 valence electrons. The zero-order valence-corrected chi connectivity index (χ0v) is 17.3. The molecule has 0 fully saturated rings. The minimum Gasteiger partial charge on any atom is -0.355 e. The molecule has 6 nitrogen and oxygen atoms in total. The molecule has 28 heavy (non-hydrogen) atoms. The van der Waals surface area contributed by atoms with E-state index in [9.17, 15) is 10.1 Å².